The van der Waals surface area contributed by atoms with Crippen LogP contribution in [0.5, 0.6) is 0 Å². The van der Waals surface area contributed by atoms with E-state index in [0.717, 1.165) is 11.4 Å². The van der Waals surface area contributed by atoms with Gasteiger partial charge in [0.05, 0.1) is 29.6 Å². The molecule has 17 heavy (non-hydrogen) atoms. The van der Waals surface area contributed by atoms with Crippen molar-refractivity contribution < 1.29 is 0 Å². The summed E-state index contributed by atoms with van der Waals surface area (Å²) in [4.78, 5) is 5.96. The van der Waals surface area contributed by atoms with Crippen molar-refractivity contribution in [2.75, 3.05) is 6.54 Å². The Morgan fingerprint density at radius 2 is 2.18 bits per heavy atom. The Kier molecular flexibility index (Phi) is 1.74. The SMILES string of the molecule is C1=CC2=Nc3ccccc3C23CN=NC=C3S1. The molecule has 1 atom stereocenters. The Morgan fingerprint density at radius 1 is 1.24 bits per heavy atom. The van der Waals surface area contributed by atoms with Crippen LogP contribution in [0.15, 0.2) is 62.1 Å². The van der Waals surface area contributed by atoms with Crippen molar-refractivity contribution in [2.24, 2.45) is 15.2 Å². The lowest BCUT2D eigenvalue weighted by Gasteiger charge is -2.34. The van der Waals surface area contributed by atoms with E-state index >= 15 is 0 Å². The second-order valence-electron chi connectivity index (χ2n) is 4.25. The van der Waals surface area contributed by atoms with Crippen molar-refractivity contribution in [2.45, 2.75) is 5.41 Å². The number of allylic oxidation sites excluding steroid dienone is 1. The van der Waals surface area contributed by atoms with Gasteiger partial charge in [0.25, 0.3) is 0 Å². The van der Waals surface area contributed by atoms with Gasteiger partial charge >= 0.3 is 0 Å². The number of rotatable bonds is 0. The molecule has 4 heteroatoms. The number of azo groups is 1. The van der Waals surface area contributed by atoms with E-state index in [9.17, 15) is 0 Å². The van der Waals surface area contributed by atoms with E-state index in [0.29, 0.717) is 6.54 Å². The van der Waals surface area contributed by atoms with Crippen molar-refractivity contribution >= 4 is 23.2 Å². The lowest BCUT2D eigenvalue weighted by Crippen LogP contribution is -2.38. The molecule has 0 aromatic heterocycles. The fraction of sp³-hybridized carbons (Fsp3) is 0.154. The van der Waals surface area contributed by atoms with E-state index in [-0.39, 0.29) is 5.41 Å². The molecular weight excluding hydrogens is 230 g/mol. The van der Waals surface area contributed by atoms with Gasteiger partial charge in [0.1, 0.15) is 0 Å². The quantitative estimate of drug-likeness (QED) is 0.681. The molecule has 3 heterocycles. The number of benzene rings is 1. The second-order valence-corrected chi connectivity index (χ2v) is 5.20. The average molecular weight is 239 g/mol. The highest BCUT2D eigenvalue weighted by molar-refractivity contribution is 8.06. The third-order valence-electron chi connectivity index (χ3n) is 3.45. The Balaban J connectivity index is 2.06. The minimum atomic E-state index is -0.155. The van der Waals surface area contributed by atoms with E-state index in [4.69, 9.17) is 4.99 Å². The zero-order valence-corrected chi connectivity index (χ0v) is 9.81. The van der Waals surface area contributed by atoms with E-state index in [1.165, 1.54) is 10.5 Å². The summed E-state index contributed by atoms with van der Waals surface area (Å²) in [5.41, 5.74) is 3.27. The lowest BCUT2D eigenvalue weighted by molar-refractivity contribution is 0.682. The first-order valence-corrected chi connectivity index (χ1v) is 6.38. The number of hydrogen-bond donors (Lipinski definition) is 0. The summed E-state index contributed by atoms with van der Waals surface area (Å²) in [5, 5.41) is 10.3. The monoisotopic (exact) mass is 239 g/mol. The molecule has 0 N–H and O–H groups in total. The Hall–Kier alpha value is -1.68. The number of hydrogen-bond acceptors (Lipinski definition) is 4. The van der Waals surface area contributed by atoms with Gasteiger partial charge in [-0.25, -0.2) is 0 Å². The third kappa shape index (κ3) is 1.06. The van der Waals surface area contributed by atoms with Gasteiger partial charge < -0.3 is 0 Å². The molecule has 1 spiro atoms. The molecule has 1 aromatic rings. The third-order valence-corrected chi connectivity index (χ3v) is 4.43. The summed E-state index contributed by atoms with van der Waals surface area (Å²) in [6.07, 6.45) is 3.97. The largest absolute Gasteiger partial charge is 0.252 e. The van der Waals surface area contributed by atoms with Crippen LogP contribution in [0.3, 0.4) is 0 Å². The molecule has 0 saturated heterocycles. The second kappa shape index (κ2) is 3.17. The topological polar surface area (TPSA) is 37.1 Å². The minimum Gasteiger partial charge on any atom is -0.252 e. The van der Waals surface area contributed by atoms with Crippen molar-refractivity contribution in [3.8, 4) is 0 Å². The van der Waals surface area contributed by atoms with Crippen LogP contribution >= 0.6 is 11.8 Å². The lowest BCUT2D eigenvalue weighted by atomic mass is 9.76. The first-order valence-electron chi connectivity index (χ1n) is 5.50. The molecule has 0 radical (unpaired) electrons. The summed E-state index contributed by atoms with van der Waals surface area (Å²) in [6.45, 7) is 0.673. The maximum absolute atomic E-state index is 4.72. The Labute approximate surface area is 103 Å². The summed E-state index contributed by atoms with van der Waals surface area (Å²) in [6, 6.07) is 8.32. The zero-order valence-electron chi connectivity index (χ0n) is 9.00. The molecule has 0 fully saturated rings. The number of fused-ring (bicyclic) bond motifs is 1. The van der Waals surface area contributed by atoms with Gasteiger partial charge in [-0.15, -0.1) is 0 Å². The van der Waals surface area contributed by atoms with E-state index in [1.807, 2.05) is 12.3 Å². The average Bonchev–Trinajstić information content (AvgIpc) is 2.71. The molecule has 4 rings (SSSR count). The summed E-state index contributed by atoms with van der Waals surface area (Å²) in [5.74, 6) is 0. The zero-order chi connectivity index (χ0) is 11.3. The highest BCUT2D eigenvalue weighted by Gasteiger charge is 2.48. The predicted octanol–water partition coefficient (Wildman–Crippen LogP) is 3.58. The van der Waals surface area contributed by atoms with Gasteiger partial charge in [-0.2, -0.15) is 10.2 Å². The number of nitrogens with zero attached hydrogens (tertiary/aromatic N) is 3. The summed E-state index contributed by atoms with van der Waals surface area (Å²) >= 11 is 1.72. The van der Waals surface area contributed by atoms with Crippen LogP contribution in [0.1, 0.15) is 5.56 Å². The molecule has 0 amide bonds. The van der Waals surface area contributed by atoms with Gasteiger partial charge in [-0.3, -0.25) is 4.99 Å². The summed E-state index contributed by atoms with van der Waals surface area (Å²) < 4.78 is 0. The number of para-hydroxylation sites is 1. The van der Waals surface area contributed by atoms with Gasteiger partial charge in [-0.1, -0.05) is 30.0 Å². The maximum Gasteiger partial charge on any atom is 0.0936 e. The fourth-order valence-corrected chi connectivity index (χ4v) is 3.56. The molecule has 1 unspecified atom stereocenters. The molecule has 0 bridgehead atoms. The molecule has 3 aliphatic rings. The normalized spacial score (nSPS) is 28.0. The van der Waals surface area contributed by atoms with Crippen LogP contribution in [-0.4, -0.2) is 12.3 Å². The molecule has 3 nitrogen and oxygen atoms in total. The molecule has 3 aliphatic heterocycles. The molecule has 1 aromatic carbocycles. The van der Waals surface area contributed by atoms with E-state index < -0.39 is 0 Å². The highest BCUT2D eigenvalue weighted by Crippen LogP contribution is 2.52. The summed E-state index contributed by atoms with van der Waals surface area (Å²) in [7, 11) is 0. The predicted molar refractivity (Wildman–Crippen MR) is 69.8 cm³/mol. The molecular formula is C13H9N3S. The maximum atomic E-state index is 4.72. The first kappa shape index (κ1) is 9.36. The van der Waals surface area contributed by atoms with Crippen LogP contribution in [0.4, 0.5) is 5.69 Å². The Bertz CT molecular complexity index is 627. The van der Waals surface area contributed by atoms with E-state index in [2.05, 4.69) is 39.9 Å². The van der Waals surface area contributed by atoms with Gasteiger partial charge in [0, 0.05) is 4.91 Å². The van der Waals surface area contributed by atoms with Gasteiger partial charge in [0.2, 0.25) is 0 Å². The standard InChI is InChI=1S/C13H9N3S/c1-2-4-10-9(3-1)13-8-15-14-7-12(13)17-6-5-11(13)16-10/h1-7H,8H2. The smallest absolute Gasteiger partial charge is 0.0936 e. The van der Waals surface area contributed by atoms with Crippen LogP contribution in [0, 0.1) is 0 Å². The van der Waals surface area contributed by atoms with Crippen LogP contribution in [0.25, 0.3) is 0 Å². The van der Waals surface area contributed by atoms with Gasteiger partial charge in [-0.05, 0) is 23.1 Å². The van der Waals surface area contributed by atoms with Crippen molar-refractivity contribution in [1.82, 2.24) is 0 Å². The van der Waals surface area contributed by atoms with Crippen molar-refractivity contribution in [3.05, 3.63) is 52.4 Å². The van der Waals surface area contributed by atoms with Crippen LogP contribution < -0.4 is 0 Å². The number of aliphatic imine (C=N–C) groups is 1. The van der Waals surface area contributed by atoms with Crippen molar-refractivity contribution in [1.29, 1.82) is 0 Å². The first-order chi connectivity index (χ1) is 8.41. The molecule has 0 aliphatic carbocycles. The van der Waals surface area contributed by atoms with Crippen LogP contribution in [0.2, 0.25) is 0 Å². The van der Waals surface area contributed by atoms with Gasteiger partial charge in [0.15, 0.2) is 0 Å². The van der Waals surface area contributed by atoms with E-state index in [1.54, 1.807) is 11.8 Å². The highest BCUT2D eigenvalue weighted by atomic mass is 32.2. The van der Waals surface area contributed by atoms with Crippen LogP contribution in [-0.2, 0) is 5.41 Å². The van der Waals surface area contributed by atoms with Crippen molar-refractivity contribution in [3.63, 3.8) is 0 Å². The number of thioether (sulfide) groups is 1. The molecule has 0 saturated carbocycles. The minimum absolute atomic E-state index is 0.155. The Morgan fingerprint density at radius 3 is 3.18 bits per heavy atom. The fourth-order valence-electron chi connectivity index (χ4n) is 2.63. The molecule has 82 valence electrons.